The number of fused-ring (bicyclic) bond motifs is 2. The Morgan fingerprint density at radius 3 is 2.61 bits per heavy atom. The van der Waals surface area contributed by atoms with Crippen LogP contribution in [0.1, 0.15) is 5.56 Å². The lowest BCUT2D eigenvalue weighted by Gasteiger charge is -2.27. The Labute approximate surface area is 224 Å². The molecule has 6 nitrogen and oxygen atoms in total. The summed E-state index contributed by atoms with van der Waals surface area (Å²) in [6, 6.07) is 14.2. The Bertz CT molecular complexity index is 1800. The lowest BCUT2D eigenvalue weighted by Crippen LogP contribution is -2.33. The zero-order chi connectivity index (χ0) is 26.6. The Morgan fingerprint density at radius 2 is 1.82 bits per heavy atom. The second-order valence-electron chi connectivity index (χ2n) is 9.19. The standard InChI is InChI=1S/C29H21BrF2N4O2/c1-35-12-10-22(33-25(37)15-16-14-18(32)4-8-21(16)30)20-7-9-24-26-23(34-29(38)27(26)28(20)35)11-13-36(24)19-5-2-17(31)3-6-19/h2-12,14H,13,15H2,1H3,(H,33,37)(H,34,38). The lowest BCUT2D eigenvalue weighted by molar-refractivity contribution is -0.119. The minimum atomic E-state index is -0.422. The van der Waals surface area contributed by atoms with Crippen LogP contribution in [0.3, 0.4) is 0 Å². The average Bonchev–Trinajstić information content (AvgIpc) is 3.10. The first kappa shape index (κ1) is 24.1. The highest BCUT2D eigenvalue weighted by atomic mass is 79.9. The van der Waals surface area contributed by atoms with Crippen molar-refractivity contribution in [2.45, 2.75) is 6.42 Å². The average molecular weight is 575 g/mol. The highest BCUT2D eigenvalue weighted by Gasteiger charge is 2.28. The molecule has 2 N–H and O–H groups in total. The second kappa shape index (κ2) is 9.25. The number of hydrogen-bond acceptors (Lipinski definition) is 4. The van der Waals surface area contributed by atoms with Gasteiger partial charge in [-0.25, -0.2) is 8.78 Å². The van der Waals surface area contributed by atoms with Crippen LogP contribution in [0, 0.1) is 11.6 Å². The number of aromatic amines is 1. The molecule has 0 saturated heterocycles. The van der Waals surface area contributed by atoms with Gasteiger partial charge in [0.2, 0.25) is 5.91 Å². The van der Waals surface area contributed by atoms with Crippen LogP contribution in [0.25, 0.3) is 22.9 Å². The van der Waals surface area contributed by atoms with Crippen LogP contribution in [-0.4, -0.2) is 24.5 Å². The number of carbonyl (C=O) groups excluding carboxylic acids is 1. The molecular weight excluding hydrogens is 554 g/mol. The molecule has 0 aromatic heterocycles. The molecule has 9 heteroatoms. The predicted molar refractivity (Wildman–Crippen MR) is 148 cm³/mol. The minimum Gasteiger partial charge on any atom is -0.350 e. The molecule has 38 heavy (non-hydrogen) atoms. The molecule has 1 amide bonds. The number of nitrogens with one attached hydrogen (secondary N) is 2. The van der Waals surface area contributed by atoms with E-state index in [1.807, 2.05) is 35.1 Å². The monoisotopic (exact) mass is 574 g/mol. The molecular formula is C29H21BrF2N4O2. The van der Waals surface area contributed by atoms with Crippen LogP contribution in [0.4, 0.5) is 25.8 Å². The van der Waals surface area contributed by atoms with Crippen LogP contribution in [0.5, 0.6) is 0 Å². The molecule has 0 fully saturated rings. The summed E-state index contributed by atoms with van der Waals surface area (Å²) >= 11 is 3.37. The summed E-state index contributed by atoms with van der Waals surface area (Å²) in [6.45, 7) is 0.492. The Hall–Kier alpha value is -4.24. The van der Waals surface area contributed by atoms with Crippen molar-refractivity contribution < 1.29 is 13.6 Å². The second-order valence-corrected chi connectivity index (χ2v) is 10.0. The van der Waals surface area contributed by atoms with Gasteiger partial charge in [0.15, 0.2) is 0 Å². The van der Waals surface area contributed by atoms with E-state index in [0.29, 0.717) is 38.7 Å². The van der Waals surface area contributed by atoms with Crippen LogP contribution in [-0.2, 0) is 11.2 Å². The molecule has 0 bridgehead atoms. The number of carbonyl (C=O) groups is 1. The van der Waals surface area contributed by atoms with E-state index in [1.54, 1.807) is 30.5 Å². The normalized spacial score (nSPS) is 13.9. The molecule has 1 aliphatic carbocycles. The van der Waals surface area contributed by atoms with Crippen molar-refractivity contribution >= 4 is 50.7 Å². The predicted octanol–water partition coefficient (Wildman–Crippen LogP) is 3.88. The molecule has 0 spiro atoms. The molecule has 0 atom stereocenters. The molecule has 3 aliphatic heterocycles. The molecule has 6 rings (SSSR count). The third kappa shape index (κ3) is 4.09. The van der Waals surface area contributed by atoms with E-state index in [2.05, 4.69) is 26.2 Å². The smallest absolute Gasteiger partial charge is 0.258 e. The maximum Gasteiger partial charge on any atom is 0.258 e. The van der Waals surface area contributed by atoms with Crippen molar-refractivity contribution in [3.05, 3.63) is 109 Å². The molecule has 0 radical (unpaired) electrons. The maximum atomic E-state index is 13.7. The van der Waals surface area contributed by atoms with E-state index in [1.165, 1.54) is 24.3 Å². The van der Waals surface area contributed by atoms with Crippen molar-refractivity contribution in [1.82, 2.24) is 10.3 Å². The maximum absolute atomic E-state index is 13.7. The van der Waals surface area contributed by atoms with E-state index in [-0.39, 0.29) is 23.7 Å². The van der Waals surface area contributed by atoms with E-state index >= 15 is 0 Å². The zero-order valence-electron chi connectivity index (χ0n) is 20.2. The summed E-state index contributed by atoms with van der Waals surface area (Å²) in [5.74, 6) is -1.07. The van der Waals surface area contributed by atoms with E-state index in [0.717, 1.165) is 22.3 Å². The number of benzene rings is 2. The van der Waals surface area contributed by atoms with Gasteiger partial charge in [0.1, 0.15) is 11.6 Å². The van der Waals surface area contributed by atoms with Crippen molar-refractivity contribution in [1.29, 1.82) is 0 Å². The summed E-state index contributed by atoms with van der Waals surface area (Å²) in [6.07, 6.45) is 5.46. The third-order valence-electron chi connectivity index (χ3n) is 6.80. The first-order valence-electron chi connectivity index (χ1n) is 11.9. The minimum absolute atomic E-state index is 0.0328. The Morgan fingerprint density at radius 1 is 1.05 bits per heavy atom. The molecule has 0 unspecified atom stereocenters. The molecule has 190 valence electrons. The molecule has 2 aromatic rings. The zero-order valence-corrected chi connectivity index (χ0v) is 21.8. The van der Waals surface area contributed by atoms with Gasteiger partial charge in [-0.3, -0.25) is 9.59 Å². The number of amides is 1. The third-order valence-corrected chi connectivity index (χ3v) is 7.57. The molecule has 3 heterocycles. The van der Waals surface area contributed by atoms with Crippen LogP contribution < -0.4 is 31.2 Å². The van der Waals surface area contributed by atoms with Crippen molar-refractivity contribution in [3.63, 3.8) is 0 Å². The van der Waals surface area contributed by atoms with E-state index in [9.17, 15) is 18.4 Å². The number of halogens is 3. The first-order chi connectivity index (χ1) is 18.3. The lowest BCUT2D eigenvalue weighted by atomic mass is 10.0. The fourth-order valence-corrected chi connectivity index (χ4v) is 5.45. The first-order valence-corrected chi connectivity index (χ1v) is 12.7. The number of hydrogen-bond donors (Lipinski definition) is 2. The summed E-state index contributed by atoms with van der Waals surface area (Å²) in [4.78, 5) is 33.1. The summed E-state index contributed by atoms with van der Waals surface area (Å²) in [7, 11) is 1.84. The van der Waals surface area contributed by atoms with Gasteiger partial charge < -0.3 is 20.1 Å². The van der Waals surface area contributed by atoms with Gasteiger partial charge in [-0.15, -0.1) is 0 Å². The van der Waals surface area contributed by atoms with Crippen LogP contribution >= 0.6 is 15.9 Å². The summed E-state index contributed by atoms with van der Waals surface area (Å²) in [5.41, 5.74) is 4.29. The van der Waals surface area contributed by atoms with Gasteiger partial charge in [0, 0.05) is 46.1 Å². The summed E-state index contributed by atoms with van der Waals surface area (Å²) < 4.78 is 28.0. The van der Waals surface area contributed by atoms with Gasteiger partial charge in [0.25, 0.3) is 5.56 Å². The van der Waals surface area contributed by atoms with E-state index in [4.69, 9.17) is 0 Å². The number of nitrogens with zero attached hydrogens (tertiary/aromatic N) is 2. The van der Waals surface area contributed by atoms with Gasteiger partial charge in [-0.1, -0.05) is 15.9 Å². The Balaban J connectivity index is 1.50. The van der Waals surface area contributed by atoms with Crippen LogP contribution in [0.2, 0.25) is 0 Å². The number of anilines is 3. The number of aromatic nitrogens is 1. The van der Waals surface area contributed by atoms with E-state index < -0.39 is 5.82 Å². The van der Waals surface area contributed by atoms with Crippen molar-refractivity contribution in [2.75, 3.05) is 23.4 Å². The number of H-pyrrole nitrogens is 1. The van der Waals surface area contributed by atoms with Gasteiger partial charge in [0.05, 0.1) is 29.1 Å². The fraction of sp³-hybridized carbons (Fsp3) is 0.103. The number of rotatable bonds is 4. The molecule has 4 aliphatic rings. The Kier molecular flexibility index (Phi) is 5.87. The fourth-order valence-electron chi connectivity index (χ4n) is 5.06. The van der Waals surface area contributed by atoms with Gasteiger partial charge in [-0.05, 0) is 72.3 Å². The SMILES string of the molecule is CN1C=CC(NC(=O)Cc2cc(F)ccc2Br)=c2ccc3c4c([nH]c(=O)c-4c21)=CCN3c1ccc(F)cc1. The van der Waals surface area contributed by atoms with Crippen molar-refractivity contribution in [3.8, 4) is 11.1 Å². The summed E-state index contributed by atoms with van der Waals surface area (Å²) in [5, 5.41) is 4.33. The largest absolute Gasteiger partial charge is 0.350 e. The van der Waals surface area contributed by atoms with Crippen molar-refractivity contribution in [2.24, 2.45) is 0 Å². The highest BCUT2D eigenvalue weighted by molar-refractivity contribution is 9.10. The highest BCUT2D eigenvalue weighted by Crippen LogP contribution is 2.37. The van der Waals surface area contributed by atoms with Crippen LogP contribution in [0.15, 0.2) is 76.1 Å². The molecule has 0 saturated carbocycles. The topological polar surface area (TPSA) is 68.4 Å². The van der Waals surface area contributed by atoms with Gasteiger partial charge in [-0.2, -0.15) is 0 Å². The van der Waals surface area contributed by atoms with Gasteiger partial charge >= 0.3 is 0 Å². The molecule has 2 aromatic carbocycles. The quantitative estimate of drug-likeness (QED) is 0.388.